The van der Waals surface area contributed by atoms with E-state index >= 15 is 0 Å². The van der Waals surface area contributed by atoms with Gasteiger partial charge in [0, 0.05) is 32.0 Å². The molecule has 1 aliphatic heterocycles. The maximum absolute atomic E-state index is 10.9. The molecule has 1 aliphatic rings. The highest BCUT2D eigenvalue weighted by Gasteiger charge is 2.14. The Morgan fingerprint density at radius 2 is 2.53 bits per heavy atom. The fourth-order valence-corrected chi connectivity index (χ4v) is 2.01. The molecule has 0 bridgehead atoms. The van der Waals surface area contributed by atoms with Crippen LogP contribution in [0.3, 0.4) is 0 Å². The topological polar surface area (TPSA) is 47.0 Å². The predicted molar refractivity (Wildman–Crippen MR) is 59.4 cm³/mol. The van der Waals surface area contributed by atoms with E-state index in [1.165, 1.54) is 6.07 Å². The third kappa shape index (κ3) is 2.76. The standard InChI is InChI=1S/C10H14N2O2S/c13-9-2-5-12(10(15)11-9)4-1-8-3-6-14-7-8/h2,5,8H,1,3-4,6-7H2,(H,11,13,15). The minimum atomic E-state index is -0.138. The number of aryl methyl sites for hydroxylation is 1. The van der Waals surface area contributed by atoms with Crippen molar-refractivity contribution in [3.05, 3.63) is 27.4 Å². The number of hydrogen-bond donors (Lipinski definition) is 1. The molecule has 15 heavy (non-hydrogen) atoms. The lowest BCUT2D eigenvalue weighted by Crippen LogP contribution is -2.13. The summed E-state index contributed by atoms with van der Waals surface area (Å²) >= 11 is 5.06. The number of nitrogens with one attached hydrogen (secondary N) is 1. The first kappa shape index (κ1) is 10.6. The number of aromatic amines is 1. The van der Waals surface area contributed by atoms with Gasteiger partial charge in [-0.05, 0) is 31.0 Å². The molecule has 0 radical (unpaired) electrons. The van der Waals surface area contributed by atoms with Crippen molar-refractivity contribution in [1.29, 1.82) is 0 Å². The summed E-state index contributed by atoms with van der Waals surface area (Å²) in [6, 6.07) is 1.50. The molecule has 82 valence electrons. The lowest BCUT2D eigenvalue weighted by molar-refractivity contribution is 0.183. The van der Waals surface area contributed by atoms with Gasteiger partial charge in [-0.15, -0.1) is 0 Å². The zero-order valence-electron chi connectivity index (χ0n) is 8.44. The van der Waals surface area contributed by atoms with E-state index in [1.807, 2.05) is 4.57 Å². The van der Waals surface area contributed by atoms with Gasteiger partial charge in [-0.1, -0.05) is 0 Å². The highest BCUT2D eigenvalue weighted by molar-refractivity contribution is 7.71. The molecular weight excluding hydrogens is 212 g/mol. The number of nitrogens with zero attached hydrogens (tertiary/aromatic N) is 1. The first-order valence-corrected chi connectivity index (χ1v) is 5.54. The third-order valence-corrected chi connectivity index (χ3v) is 3.04. The summed E-state index contributed by atoms with van der Waals surface area (Å²) in [5, 5.41) is 0. The van der Waals surface area contributed by atoms with Gasteiger partial charge >= 0.3 is 0 Å². The van der Waals surface area contributed by atoms with Gasteiger partial charge in [0.25, 0.3) is 5.56 Å². The normalized spacial score (nSPS) is 20.7. The first-order valence-electron chi connectivity index (χ1n) is 5.13. The molecule has 0 amide bonds. The molecule has 0 aromatic carbocycles. The Morgan fingerprint density at radius 3 is 3.20 bits per heavy atom. The summed E-state index contributed by atoms with van der Waals surface area (Å²) in [4.78, 5) is 13.6. The zero-order valence-corrected chi connectivity index (χ0v) is 9.26. The quantitative estimate of drug-likeness (QED) is 0.791. The Labute approximate surface area is 92.9 Å². The van der Waals surface area contributed by atoms with Gasteiger partial charge in [0.2, 0.25) is 0 Å². The van der Waals surface area contributed by atoms with E-state index in [9.17, 15) is 4.79 Å². The Kier molecular flexibility index (Phi) is 3.33. The molecule has 2 heterocycles. The predicted octanol–water partition coefficient (Wildman–Crippen LogP) is 1.33. The van der Waals surface area contributed by atoms with Gasteiger partial charge in [-0.3, -0.25) is 9.78 Å². The van der Waals surface area contributed by atoms with Crippen LogP contribution >= 0.6 is 12.2 Å². The van der Waals surface area contributed by atoms with Crippen molar-refractivity contribution < 1.29 is 4.74 Å². The molecule has 4 nitrogen and oxygen atoms in total. The van der Waals surface area contributed by atoms with Crippen molar-refractivity contribution in [3.8, 4) is 0 Å². The van der Waals surface area contributed by atoms with Crippen molar-refractivity contribution in [1.82, 2.24) is 9.55 Å². The van der Waals surface area contributed by atoms with E-state index in [2.05, 4.69) is 4.98 Å². The number of rotatable bonds is 3. The number of aromatic nitrogens is 2. The minimum Gasteiger partial charge on any atom is -0.381 e. The molecule has 0 spiro atoms. The molecule has 1 saturated heterocycles. The SMILES string of the molecule is O=c1ccn(CCC2CCOC2)c(=S)[nH]1. The Balaban J connectivity index is 1.98. The molecule has 1 N–H and O–H groups in total. The van der Waals surface area contributed by atoms with Crippen LogP contribution in [-0.4, -0.2) is 22.8 Å². The smallest absolute Gasteiger partial charge is 0.251 e. The first-order chi connectivity index (χ1) is 7.25. The summed E-state index contributed by atoms with van der Waals surface area (Å²) < 4.78 is 7.70. The highest BCUT2D eigenvalue weighted by Crippen LogP contribution is 2.16. The van der Waals surface area contributed by atoms with Gasteiger partial charge in [-0.25, -0.2) is 0 Å². The molecule has 1 aromatic heterocycles. The Hall–Kier alpha value is -0.940. The van der Waals surface area contributed by atoms with Crippen molar-refractivity contribution in [2.75, 3.05) is 13.2 Å². The second-order valence-electron chi connectivity index (χ2n) is 3.82. The largest absolute Gasteiger partial charge is 0.381 e. The Bertz CT molecular complexity index is 432. The van der Waals surface area contributed by atoms with Gasteiger partial charge in [0.15, 0.2) is 4.77 Å². The van der Waals surface area contributed by atoms with E-state index in [4.69, 9.17) is 17.0 Å². The van der Waals surface area contributed by atoms with Gasteiger partial charge in [-0.2, -0.15) is 0 Å². The molecular formula is C10H14N2O2S. The van der Waals surface area contributed by atoms with Crippen LogP contribution in [0.1, 0.15) is 12.8 Å². The van der Waals surface area contributed by atoms with Crippen LogP contribution in [0.15, 0.2) is 17.1 Å². The highest BCUT2D eigenvalue weighted by atomic mass is 32.1. The number of hydrogen-bond acceptors (Lipinski definition) is 3. The summed E-state index contributed by atoms with van der Waals surface area (Å²) in [5.41, 5.74) is -0.138. The summed E-state index contributed by atoms with van der Waals surface area (Å²) in [6.45, 7) is 2.59. The van der Waals surface area contributed by atoms with E-state index < -0.39 is 0 Å². The average Bonchev–Trinajstić information content (AvgIpc) is 2.69. The third-order valence-electron chi connectivity index (χ3n) is 2.70. The fourth-order valence-electron chi connectivity index (χ4n) is 1.75. The van der Waals surface area contributed by atoms with Crippen LogP contribution in [-0.2, 0) is 11.3 Å². The maximum Gasteiger partial charge on any atom is 0.251 e. The fraction of sp³-hybridized carbons (Fsp3) is 0.600. The molecule has 1 aromatic rings. The molecule has 0 aliphatic carbocycles. The number of H-pyrrole nitrogens is 1. The van der Waals surface area contributed by atoms with Crippen molar-refractivity contribution in [2.45, 2.75) is 19.4 Å². The van der Waals surface area contributed by atoms with Gasteiger partial charge in [0.05, 0.1) is 0 Å². The summed E-state index contributed by atoms with van der Waals surface area (Å²) in [7, 11) is 0. The molecule has 1 fully saturated rings. The van der Waals surface area contributed by atoms with E-state index in [0.717, 1.165) is 32.6 Å². The van der Waals surface area contributed by atoms with Crippen LogP contribution in [0.2, 0.25) is 0 Å². The Morgan fingerprint density at radius 1 is 1.67 bits per heavy atom. The average molecular weight is 226 g/mol. The van der Waals surface area contributed by atoms with Crippen molar-refractivity contribution in [3.63, 3.8) is 0 Å². The molecule has 2 rings (SSSR count). The molecule has 5 heteroatoms. The minimum absolute atomic E-state index is 0.138. The lowest BCUT2D eigenvalue weighted by atomic mass is 10.1. The zero-order chi connectivity index (χ0) is 10.7. The van der Waals surface area contributed by atoms with E-state index in [0.29, 0.717) is 10.7 Å². The second-order valence-corrected chi connectivity index (χ2v) is 4.21. The second kappa shape index (κ2) is 4.72. The molecule has 1 unspecified atom stereocenters. The van der Waals surface area contributed by atoms with E-state index in [1.54, 1.807) is 6.20 Å². The van der Waals surface area contributed by atoms with Crippen molar-refractivity contribution >= 4 is 12.2 Å². The van der Waals surface area contributed by atoms with Crippen LogP contribution in [0, 0.1) is 10.7 Å². The molecule has 0 saturated carbocycles. The maximum atomic E-state index is 10.9. The lowest BCUT2D eigenvalue weighted by Gasteiger charge is -2.09. The van der Waals surface area contributed by atoms with E-state index in [-0.39, 0.29) is 5.56 Å². The molecule has 1 atom stereocenters. The van der Waals surface area contributed by atoms with Crippen LogP contribution in [0.4, 0.5) is 0 Å². The summed E-state index contributed by atoms with van der Waals surface area (Å²) in [5.74, 6) is 0.638. The number of ether oxygens (including phenoxy) is 1. The van der Waals surface area contributed by atoms with Crippen LogP contribution in [0.25, 0.3) is 0 Å². The van der Waals surface area contributed by atoms with Crippen LogP contribution < -0.4 is 5.56 Å². The van der Waals surface area contributed by atoms with Gasteiger partial charge in [0.1, 0.15) is 0 Å². The van der Waals surface area contributed by atoms with Crippen LogP contribution in [0.5, 0.6) is 0 Å². The van der Waals surface area contributed by atoms with Crippen molar-refractivity contribution in [2.24, 2.45) is 5.92 Å². The monoisotopic (exact) mass is 226 g/mol. The van der Waals surface area contributed by atoms with Gasteiger partial charge < -0.3 is 9.30 Å². The summed E-state index contributed by atoms with van der Waals surface area (Å²) in [6.07, 6.45) is 3.94.